The lowest BCUT2D eigenvalue weighted by Crippen LogP contribution is -2.37. The Kier molecular flexibility index (Phi) is 5.18. The van der Waals surface area contributed by atoms with Crippen molar-refractivity contribution in [2.24, 2.45) is 11.7 Å². The summed E-state index contributed by atoms with van der Waals surface area (Å²) in [5, 5.41) is 0. The normalized spacial score (nSPS) is 22.6. The van der Waals surface area contributed by atoms with E-state index in [4.69, 9.17) is 5.73 Å². The summed E-state index contributed by atoms with van der Waals surface area (Å²) in [6.45, 7) is 2.76. The molecule has 1 aromatic carbocycles. The Morgan fingerprint density at radius 2 is 2.10 bits per heavy atom. The van der Waals surface area contributed by atoms with Gasteiger partial charge in [0.05, 0.1) is 0 Å². The van der Waals surface area contributed by atoms with E-state index >= 15 is 0 Å². The molecule has 0 bridgehead atoms. The van der Waals surface area contributed by atoms with Gasteiger partial charge >= 0.3 is 0 Å². The van der Waals surface area contributed by atoms with Crippen LogP contribution in [-0.2, 0) is 11.3 Å². The van der Waals surface area contributed by atoms with E-state index in [1.54, 1.807) is 0 Å². The SMILES string of the molecule is Cc1cccc(CN(C)C(=O)CC2CCCCC2N)c1. The number of aryl methyl sites for hydroxylation is 1. The number of rotatable bonds is 4. The third-order valence-corrected chi connectivity index (χ3v) is 4.33. The Bertz CT molecular complexity index is 458. The van der Waals surface area contributed by atoms with E-state index in [0.717, 1.165) is 12.8 Å². The number of carbonyl (C=O) groups excluding carboxylic acids is 1. The predicted octanol–water partition coefficient (Wildman–Crippen LogP) is 2.86. The number of nitrogens with zero attached hydrogens (tertiary/aromatic N) is 1. The molecule has 0 spiro atoms. The molecule has 2 rings (SSSR count). The van der Waals surface area contributed by atoms with E-state index in [-0.39, 0.29) is 11.9 Å². The van der Waals surface area contributed by atoms with E-state index in [2.05, 4.69) is 25.1 Å². The van der Waals surface area contributed by atoms with E-state index in [9.17, 15) is 4.79 Å². The molecular weight excluding hydrogens is 248 g/mol. The van der Waals surface area contributed by atoms with Crippen molar-refractivity contribution in [3.8, 4) is 0 Å². The molecule has 110 valence electrons. The lowest BCUT2D eigenvalue weighted by molar-refractivity contribution is -0.131. The highest BCUT2D eigenvalue weighted by Crippen LogP contribution is 2.26. The molecule has 3 nitrogen and oxygen atoms in total. The first-order valence-corrected chi connectivity index (χ1v) is 7.61. The quantitative estimate of drug-likeness (QED) is 0.917. The number of benzene rings is 1. The Balaban J connectivity index is 1.88. The molecule has 0 saturated heterocycles. The molecule has 0 heterocycles. The fourth-order valence-corrected chi connectivity index (χ4v) is 3.04. The smallest absolute Gasteiger partial charge is 0.222 e. The molecule has 0 radical (unpaired) electrons. The molecule has 1 aliphatic carbocycles. The van der Waals surface area contributed by atoms with Gasteiger partial charge in [-0.3, -0.25) is 4.79 Å². The zero-order valence-electron chi connectivity index (χ0n) is 12.6. The average molecular weight is 274 g/mol. The zero-order valence-corrected chi connectivity index (χ0v) is 12.6. The van der Waals surface area contributed by atoms with Gasteiger partial charge in [0, 0.05) is 26.1 Å². The fraction of sp³-hybridized carbons (Fsp3) is 0.588. The van der Waals surface area contributed by atoms with Gasteiger partial charge in [0.1, 0.15) is 0 Å². The maximum Gasteiger partial charge on any atom is 0.222 e. The van der Waals surface area contributed by atoms with Crippen molar-refractivity contribution < 1.29 is 4.79 Å². The average Bonchev–Trinajstić information content (AvgIpc) is 2.41. The summed E-state index contributed by atoms with van der Waals surface area (Å²) < 4.78 is 0. The predicted molar refractivity (Wildman–Crippen MR) is 82.2 cm³/mol. The Morgan fingerprint density at radius 3 is 2.80 bits per heavy atom. The van der Waals surface area contributed by atoms with Crippen LogP contribution in [0.2, 0.25) is 0 Å². The monoisotopic (exact) mass is 274 g/mol. The van der Waals surface area contributed by atoms with Crippen LogP contribution < -0.4 is 5.73 Å². The van der Waals surface area contributed by atoms with Gasteiger partial charge in [0.2, 0.25) is 5.91 Å². The van der Waals surface area contributed by atoms with E-state index in [1.807, 2.05) is 18.0 Å². The molecule has 2 unspecified atom stereocenters. The molecule has 1 fully saturated rings. The second-order valence-electron chi connectivity index (χ2n) is 6.15. The fourth-order valence-electron chi connectivity index (χ4n) is 3.04. The number of nitrogens with two attached hydrogens (primary N) is 1. The highest BCUT2D eigenvalue weighted by atomic mass is 16.2. The standard InChI is InChI=1S/C17H26N2O/c1-13-6-5-7-14(10-13)12-19(2)17(20)11-15-8-3-4-9-16(15)18/h5-7,10,15-16H,3-4,8-9,11-12,18H2,1-2H3. The van der Waals surface area contributed by atoms with Crippen LogP contribution in [0.1, 0.15) is 43.2 Å². The van der Waals surface area contributed by atoms with Gasteiger partial charge in [-0.15, -0.1) is 0 Å². The highest BCUT2D eigenvalue weighted by Gasteiger charge is 2.25. The minimum Gasteiger partial charge on any atom is -0.341 e. The van der Waals surface area contributed by atoms with Crippen molar-refractivity contribution in [2.45, 2.75) is 51.6 Å². The Labute approximate surface area is 122 Å². The van der Waals surface area contributed by atoms with Gasteiger partial charge in [-0.2, -0.15) is 0 Å². The van der Waals surface area contributed by atoms with Crippen LogP contribution >= 0.6 is 0 Å². The largest absolute Gasteiger partial charge is 0.341 e. The van der Waals surface area contributed by atoms with Crippen LogP contribution in [0, 0.1) is 12.8 Å². The molecule has 3 heteroatoms. The van der Waals surface area contributed by atoms with Crippen LogP contribution in [0.3, 0.4) is 0 Å². The van der Waals surface area contributed by atoms with E-state index in [0.29, 0.717) is 18.9 Å². The van der Waals surface area contributed by atoms with Gasteiger partial charge in [-0.05, 0) is 31.2 Å². The third kappa shape index (κ3) is 4.07. The maximum absolute atomic E-state index is 12.3. The Hall–Kier alpha value is -1.35. The minimum atomic E-state index is 0.208. The zero-order chi connectivity index (χ0) is 14.5. The van der Waals surface area contributed by atoms with Crippen molar-refractivity contribution >= 4 is 5.91 Å². The van der Waals surface area contributed by atoms with Gasteiger partial charge < -0.3 is 10.6 Å². The topological polar surface area (TPSA) is 46.3 Å². The van der Waals surface area contributed by atoms with Crippen LogP contribution in [0.5, 0.6) is 0 Å². The van der Waals surface area contributed by atoms with Crippen molar-refractivity contribution in [2.75, 3.05) is 7.05 Å². The van der Waals surface area contributed by atoms with Gasteiger partial charge in [0.25, 0.3) is 0 Å². The van der Waals surface area contributed by atoms with Crippen LogP contribution in [-0.4, -0.2) is 23.9 Å². The number of carbonyl (C=O) groups is 1. The maximum atomic E-state index is 12.3. The lowest BCUT2D eigenvalue weighted by atomic mass is 9.83. The molecule has 1 amide bonds. The molecule has 2 atom stereocenters. The molecular formula is C17H26N2O. The van der Waals surface area contributed by atoms with Crippen molar-refractivity contribution in [3.05, 3.63) is 35.4 Å². The first-order valence-electron chi connectivity index (χ1n) is 7.61. The molecule has 0 aliphatic heterocycles. The minimum absolute atomic E-state index is 0.208. The van der Waals surface area contributed by atoms with Gasteiger partial charge in [-0.1, -0.05) is 42.7 Å². The first-order chi connectivity index (χ1) is 9.56. The van der Waals surface area contributed by atoms with E-state index in [1.165, 1.54) is 24.0 Å². The summed E-state index contributed by atoms with van der Waals surface area (Å²) in [6.07, 6.45) is 5.20. The first kappa shape index (κ1) is 15.0. The summed E-state index contributed by atoms with van der Waals surface area (Å²) in [6, 6.07) is 8.53. The molecule has 1 saturated carbocycles. The summed E-state index contributed by atoms with van der Waals surface area (Å²) in [4.78, 5) is 14.1. The number of amides is 1. The number of hydrogen-bond donors (Lipinski definition) is 1. The summed E-state index contributed by atoms with van der Waals surface area (Å²) in [5.74, 6) is 0.588. The van der Waals surface area contributed by atoms with Crippen LogP contribution in [0.25, 0.3) is 0 Å². The Morgan fingerprint density at radius 1 is 1.35 bits per heavy atom. The highest BCUT2D eigenvalue weighted by molar-refractivity contribution is 5.76. The molecule has 1 aromatic rings. The molecule has 0 aromatic heterocycles. The summed E-state index contributed by atoms with van der Waals surface area (Å²) in [7, 11) is 1.89. The molecule has 20 heavy (non-hydrogen) atoms. The van der Waals surface area contributed by atoms with Crippen molar-refractivity contribution in [3.63, 3.8) is 0 Å². The molecule has 2 N–H and O–H groups in total. The second kappa shape index (κ2) is 6.89. The number of hydrogen-bond acceptors (Lipinski definition) is 2. The van der Waals surface area contributed by atoms with Crippen LogP contribution in [0.15, 0.2) is 24.3 Å². The van der Waals surface area contributed by atoms with Crippen molar-refractivity contribution in [1.29, 1.82) is 0 Å². The second-order valence-corrected chi connectivity index (χ2v) is 6.15. The van der Waals surface area contributed by atoms with Gasteiger partial charge in [-0.25, -0.2) is 0 Å². The van der Waals surface area contributed by atoms with Crippen molar-refractivity contribution in [1.82, 2.24) is 4.90 Å². The van der Waals surface area contributed by atoms with E-state index < -0.39 is 0 Å². The van der Waals surface area contributed by atoms with Gasteiger partial charge in [0.15, 0.2) is 0 Å². The molecule has 1 aliphatic rings. The third-order valence-electron chi connectivity index (χ3n) is 4.33. The lowest BCUT2D eigenvalue weighted by Gasteiger charge is -2.29. The summed E-state index contributed by atoms with van der Waals surface area (Å²) >= 11 is 0. The summed E-state index contributed by atoms with van der Waals surface area (Å²) in [5.41, 5.74) is 8.55. The van der Waals surface area contributed by atoms with Crippen LogP contribution in [0.4, 0.5) is 0 Å².